The number of nitrogens with one attached hydrogen (secondary N) is 1. The van der Waals surface area contributed by atoms with Gasteiger partial charge in [-0.1, -0.05) is 36.7 Å². The van der Waals surface area contributed by atoms with E-state index in [1.807, 2.05) is 6.07 Å². The number of carbonyl (C=O) groups excluding carboxylic acids is 1. The summed E-state index contributed by atoms with van der Waals surface area (Å²) in [5, 5.41) is 11.7. The molecule has 1 saturated carbocycles. The van der Waals surface area contributed by atoms with Gasteiger partial charge in [0, 0.05) is 29.1 Å². The van der Waals surface area contributed by atoms with Crippen LogP contribution in [0.1, 0.15) is 66.9 Å². The van der Waals surface area contributed by atoms with Crippen molar-refractivity contribution in [3.63, 3.8) is 0 Å². The molecule has 2 aromatic rings. The number of allylic oxidation sites excluding steroid dienone is 1. The number of sulfonamides is 1. The van der Waals surface area contributed by atoms with Gasteiger partial charge in [0.25, 0.3) is 5.91 Å². The number of hydrogen-bond donors (Lipinski definition) is 2. The molecule has 0 bridgehead atoms. The van der Waals surface area contributed by atoms with Gasteiger partial charge in [-0.2, -0.15) is 0 Å². The molecule has 7 nitrogen and oxygen atoms in total. The van der Waals surface area contributed by atoms with Gasteiger partial charge in [0.2, 0.25) is 10.0 Å². The second-order valence-corrected chi connectivity index (χ2v) is 14.7. The Morgan fingerprint density at radius 3 is 2.76 bits per heavy atom. The zero-order valence-electron chi connectivity index (χ0n) is 24.3. The lowest BCUT2D eigenvalue weighted by atomic mass is 9.57. The minimum atomic E-state index is -3.80. The van der Waals surface area contributed by atoms with Crippen molar-refractivity contribution in [3.05, 3.63) is 83.4 Å². The van der Waals surface area contributed by atoms with Crippen LogP contribution in [-0.2, 0) is 21.9 Å². The number of aliphatic hydroxyl groups excluding tert-OH is 1. The molecule has 42 heavy (non-hydrogen) atoms. The summed E-state index contributed by atoms with van der Waals surface area (Å²) in [6.45, 7) is 11.4. The van der Waals surface area contributed by atoms with Crippen LogP contribution in [0.15, 0.2) is 61.7 Å². The third-order valence-corrected chi connectivity index (χ3v) is 11.2. The molecule has 1 aliphatic heterocycles. The Morgan fingerprint density at radius 1 is 1.24 bits per heavy atom. The molecule has 2 N–H and O–H groups in total. The fraction of sp³-hybridized carbons (Fsp3) is 0.485. The first-order valence-corrected chi connectivity index (χ1v) is 16.8. The minimum absolute atomic E-state index is 0.207. The normalized spacial score (nSPS) is 25.7. The maximum Gasteiger partial charge on any atom is 0.264 e. The zero-order valence-corrected chi connectivity index (χ0v) is 25.9. The lowest BCUT2D eigenvalue weighted by molar-refractivity contribution is -0.0695. The molecule has 0 radical (unpaired) electrons. The first-order chi connectivity index (χ1) is 20.0. The minimum Gasteiger partial charge on any atom is -0.490 e. The number of amides is 1. The Labute approximate surface area is 254 Å². The van der Waals surface area contributed by atoms with Crippen LogP contribution in [-0.4, -0.2) is 51.0 Å². The highest BCUT2D eigenvalue weighted by molar-refractivity contribution is 7.90. The number of benzene rings is 2. The molecule has 1 unspecified atom stereocenters. The number of ether oxygens (including phenoxy) is 1. The fourth-order valence-corrected chi connectivity index (χ4v) is 8.15. The lowest BCUT2D eigenvalue weighted by Crippen LogP contribution is -2.53. The number of halogens is 1. The van der Waals surface area contributed by atoms with Crippen molar-refractivity contribution in [1.29, 1.82) is 0 Å². The van der Waals surface area contributed by atoms with Gasteiger partial charge in [0.15, 0.2) is 0 Å². The summed E-state index contributed by atoms with van der Waals surface area (Å²) >= 11 is 6.38. The van der Waals surface area contributed by atoms with Crippen molar-refractivity contribution in [2.45, 2.75) is 63.4 Å². The molecule has 226 valence electrons. The second kappa shape index (κ2) is 12.1. The summed E-state index contributed by atoms with van der Waals surface area (Å²) in [5.74, 6) is 0.00211. The van der Waals surface area contributed by atoms with E-state index in [9.17, 15) is 18.3 Å². The average molecular weight is 613 g/mol. The first-order valence-electron chi connectivity index (χ1n) is 14.8. The van der Waals surface area contributed by atoms with Crippen molar-refractivity contribution < 1.29 is 23.1 Å². The van der Waals surface area contributed by atoms with Crippen LogP contribution >= 0.6 is 11.6 Å². The molecule has 2 aliphatic carbocycles. The summed E-state index contributed by atoms with van der Waals surface area (Å²) in [7, 11) is -3.80. The highest BCUT2D eigenvalue weighted by Gasteiger charge is 2.49. The quantitative estimate of drug-likeness (QED) is 0.329. The number of carbonyl (C=O) groups is 1. The van der Waals surface area contributed by atoms with Gasteiger partial charge in [-0.3, -0.25) is 4.79 Å². The summed E-state index contributed by atoms with van der Waals surface area (Å²) < 4.78 is 33.6. The summed E-state index contributed by atoms with van der Waals surface area (Å²) in [6.07, 6.45) is 8.42. The maximum absolute atomic E-state index is 13.1. The Hall–Kier alpha value is -2.81. The Bertz CT molecular complexity index is 1480. The van der Waals surface area contributed by atoms with Gasteiger partial charge < -0.3 is 14.7 Å². The van der Waals surface area contributed by atoms with Crippen molar-refractivity contribution >= 4 is 33.2 Å². The van der Waals surface area contributed by atoms with E-state index in [-0.39, 0.29) is 34.5 Å². The third-order valence-electron chi connectivity index (χ3n) is 9.69. The van der Waals surface area contributed by atoms with Crippen LogP contribution in [0.4, 0.5) is 5.69 Å². The van der Waals surface area contributed by atoms with E-state index >= 15 is 0 Å². The van der Waals surface area contributed by atoms with Crippen LogP contribution in [0.5, 0.6) is 5.75 Å². The topological polar surface area (TPSA) is 95.9 Å². The van der Waals surface area contributed by atoms with Crippen molar-refractivity contribution in [3.8, 4) is 5.75 Å². The van der Waals surface area contributed by atoms with E-state index in [2.05, 4.69) is 41.8 Å². The first kappa shape index (κ1) is 30.6. The van der Waals surface area contributed by atoms with Gasteiger partial charge in [-0.25, -0.2) is 13.1 Å². The van der Waals surface area contributed by atoms with Gasteiger partial charge in [-0.05, 0) is 97.7 Å². The number of hydrogen-bond acceptors (Lipinski definition) is 6. The molecule has 9 heteroatoms. The summed E-state index contributed by atoms with van der Waals surface area (Å²) in [5.41, 5.74) is 2.96. The highest BCUT2D eigenvalue weighted by Crippen LogP contribution is 2.52. The Kier molecular flexibility index (Phi) is 8.80. The third kappa shape index (κ3) is 5.99. The number of aryl methyl sites for hydroxylation is 1. The van der Waals surface area contributed by atoms with E-state index in [1.54, 1.807) is 24.3 Å². The van der Waals surface area contributed by atoms with Crippen LogP contribution in [0.25, 0.3) is 0 Å². The second-order valence-electron chi connectivity index (χ2n) is 12.4. The molecule has 0 saturated heterocycles. The molecule has 1 spiro atoms. The van der Waals surface area contributed by atoms with E-state index in [0.717, 1.165) is 42.8 Å². The van der Waals surface area contributed by atoms with Crippen molar-refractivity contribution in [1.82, 2.24) is 4.72 Å². The van der Waals surface area contributed by atoms with E-state index in [1.165, 1.54) is 17.2 Å². The standard InChI is InChI=1S/C33H41ClN2O5S/c1-4-6-17-42(39,40)35-31(38)24-10-13-29-28(19-24)36(20-25-14-16-32(25,3)30(37)8-5-2)21-33(22-41-29)15-7-9-23-18-26(34)11-12-27(23)33/h4-5,10-13,18-19,25,30,37H,1-2,6-9,14-17,20-22H2,3H3,(H,35,38)/t25-,30?,32+,33+/m1/s1. The monoisotopic (exact) mass is 612 g/mol. The molecule has 1 heterocycles. The fourth-order valence-electron chi connectivity index (χ4n) is 6.98. The predicted octanol–water partition coefficient (Wildman–Crippen LogP) is 5.80. The number of fused-ring (bicyclic) bond motifs is 3. The largest absolute Gasteiger partial charge is 0.490 e. The smallest absolute Gasteiger partial charge is 0.264 e. The van der Waals surface area contributed by atoms with Gasteiger partial charge in [0.1, 0.15) is 5.75 Å². The number of rotatable bonds is 10. The van der Waals surface area contributed by atoms with E-state index in [0.29, 0.717) is 31.9 Å². The molecule has 1 fully saturated rings. The lowest BCUT2D eigenvalue weighted by Gasteiger charge is -2.52. The maximum atomic E-state index is 13.1. The molecule has 3 aliphatic rings. The van der Waals surface area contributed by atoms with Gasteiger partial charge in [0.05, 0.1) is 24.2 Å². The number of anilines is 1. The van der Waals surface area contributed by atoms with E-state index in [4.69, 9.17) is 16.3 Å². The molecule has 2 aromatic carbocycles. The summed E-state index contributed by atoms with van der Waals surface area (Å²) in [4.78, 5) is 15.4. The van der Waals surface area contributed by atoms with Crippen LogP contribution in [0.2, 0.25) is 5.02 Å². The number of nitrogens with zero attached hydrogens (tertiary/aromatic N) is 1. The van der Waals surface area contributed by atoms with Crippen LogP contribution in [0, 0.1) is 11.3 Å². The molecule has 5 rings (SSSR count). The van der Waals surface area contributed by atoms with Gasteiger partial charge in [-0.15, -0.1) is 13.2 Å². The van der Waals surface area contributed by atoms with Crippen molar-refractivity contribution in [2.75, 3.05) is 30.3 Å². The van der Waals surface area contributed by atoms with E-state index < -0.39 is 22.0 Å². The zero-order chi connectivity index (χ0) is 30.1. The molecule has 4 atom stereocenters. The predicted molar refractivity (Wildman–Crippen MR) is 168 cm³/mol. The Morgan fingerprint density at radius 2 is 2.05 bits per heavy atom. The molecular formula is C33H41ClN2O5S. The molecule has 1 amide bonds. The summed E-state index contributed by atoms with van der Waals surface area (Å²) in [6, 6.07) is 11.3. The van der Waals surface area contributed by atoms with Crippen LogP contribution < -0.4 is 14.4 Å². The van der Waals surface area contributed by atoms with Crippen molar-refractivity contribution in [2.24, 2.45) is 11.3 Å². The molecule has 0 aromatic heterocycles. The van der Waals surface area contributed by atoms with Gasteiger partial charge >= 0.3 is 0 Å². The number of aliphatic hydroxyl groups is 1. The van der Waals surface area contributed by atoms with Crippen LogP contribution in [0.3, 0.4) is 0 Å². The Balaban J connectivity index is 1.52. The highest BCUT2D eigenvalue weighted by atomic mass is 35.5. The average Bonchev–Trinajstić information content (AvgIpc) is 3.10. The molecular weight excluding hydrogens is 572 g/mol. The SMILES string of the molecule is C=CCCS(=O)(=O)NC(=O)c1ccc2c(c1)N(C[C@H]1CC[C@]1(C)C(O)CC=C)C[C@@]1(CCCc3cc(Cl)ccc31)CO2.